The smallest absolute Gasteiger partial charge is 0.261 e. The van der Waals surface area contributed by atoms with Crippen LogP contribution in [0.3, 0.4) is 0 Å². The maximum atomic E-state index is 12.2. The van der Waals surface area contributed by atoms with E-state index in [0.717, 1.165) is 23.4 Å². The van der Waals surface area contributed by atoms with Gasteiger partial charge >= 0.3 is 0 Å². The molecular weight excluding hydrogens is 430 g/mol. The molecule has 160 valence electrons. The number of halogens is 1. The average Bonchev–Trinajstić information content (AvgIpc) is 3.41. The molecule has 2 aromatic carbocycles. The fourth-order valence-corrected chi connectivity index (χ4v) is 4.36. The maximum absolute atomic E-state index is 12.2. The summed E-state index contributed by atoms with van der Waals surface area (Å²) in [6.45, 7) is 1.30. The quantitative estimate of drug-likeness (QED) is 0.539. The lowest BCUT2D eigenvalue weighted by atomic mass is 10.0. The van der Waals surface area contributed by atoms with Crippen LogP contribution in [-0.4, -0.2) is 37.6 Å². The van der Waals surface area contributed by atoms with Crippen molar-refractivity contribution >= 4 is 34.5 Å². The van der Waals surface area contributed by atoms with Gasteiger partial charge in [0.2, 0.25) is 0 Å². The number of amides is 1. The summed E-state index contributed by atoms with van der Waals surface area (Å²) < 4.78 is 0.596. The summed E-state index contributed by atoms with van der Waals surface area (Å²) >= 11 is 7.15. The van der Waals surface area contributed by atoms with Gasteiger partial charge in [-0.2, -0.15) is 0 Å². The molecule has 1 aliphatic rings. The van der Waals surface area contributed by atoms with Gasteiger partial charge in [0, 0.05) is 12.1 Å². The normalized spacial score (nSPS) is 15.6. The van der Waals surface area contributed by atoms with E-state index < -0.39 is 0 Å². The van der Waals surface area contributed by atoms with Gasteiger partial charge in [-0.25, -0.2) is 0 Å². The zero-order valence-electron chi connectivity index (χ0n) is 17.4. The van der Waals surface area contributed by atoms with Crippen LogP contribution in [-0.2, 0) is 11.4 Å². The number of nitrogens with one attached hydrogen (secondary N) is 2. The largest absolute Gasteiger partial charge is 0.348 e. The van der Waals surface area contributed by atoms with Crippen LogP contribution in [0.2, 0.25) is 4.34 Å². The van der Waals surface area contributed by atoms with Crippen molar-refractivity contribution < 1.29 is 9.63 Å². The first-order valence-corrected chi connectivity index (χ1v) is 11.2. The van der Waals surface area contributed by atoms with E-state index in [4.69, 9.17) is 16.4 Å². The van der Waals surface area contributed by atoms with Crippen molar-refractivity contribution in [3.63, 3.8) is 0 Å². The lowest BCUT2D eigenvalue weighted by Crippen LogP contribution is -2.31. The van der Waals surface area contributed by atoms with Crippen molar-refractivity contribution in [3.8, 4) is 11.1 Å². The Morgan fingerprint density at radius 1 is 1.10 bits per heavy atom. The first-order chi connectivity index (χ1) is 15.0. The molecule has 7 heteroatoms. The summed E-state index contributed by atoms with van der Waals surface area (Å²) in [5, 5.41) is 2.88. The number of thiophene rings is 1. The molecule has 0 saturated heterocycles. The predicted molar refractivity (Wildman–Crippen MR) is 127 cm³/mol. The molecule has 1 atom stereocenters. The molecule has 0 bridgehead atoms. The van der Waals surface area contributed by atoms with Gasteiger partial charge < -0.3 is 10.2 Å². The number of carbonyl (C=O) groups is 1. The molecule has 31 heavy (non-hydrogen) atoms. The van der Waals surface area contributed by atoms with Gasteiger partial charge in [-0.05, 0) is 55.1 Å². The maximum Gasteiger partial charge on any atom is 0.261 e. The third-order valence-corrected chi connectivity index (χ3v) is 6.12. The number of hydrogen-bond acceptors (Lipinski definition) is 5. The van der Waals surface area contributed by atoms with E-state index >= 15 is 0 Å². The number of benzene rings is 2. The number of rotatable bonds is 7. The zero-order valence-corrected chi connectivity index (χ0v) is 19.0. The van der Waals surface area contributed by atoms with Crippen LogP contribution in [0.25, 0.3) is 16.8 Å². The van der Waals surface area contributed by atoms with Crippen LogP contribution in [0.5, 0.6) is 0 Å². The molecule has 1 unspecified atom stereocenters. The summed E-state index contributed by atoms with van der Waals surface area (Å²) in [5.41, 5.74) is 8.51. The van der Waals surface area contributed by atoms with Gasteiger partial charge in [-0.15, -0.1) is 11.3 Å². The Morgan fingerprint density at radius 2 is 1.87 bits per heavy atom. The third-order valence-electron chi connectivity index (χ3n) is 4.89. The monoisotopic (exact) mass is 453 g/mol. The van der Waals surface area contributed by atoms with Gasteiger partial charge in [0.05, 0.1) is 21.5 Å². The highest BCUT2D eigenvalue weighted by atomic mass is 35.5. The van der Waals surface area contributed by atoms with Crippen molar-refractivity contribution in [2.45, 2.75) is 12.6 Å². The number of hydrogen-bond donors (Lipinski definition) is 2. The molecule has 0 fully saturated rings. The second kappa shape index (κ2) is 9.66. The van der Waals surface area contributed by atoms with Crippen molar-refractivity contribution in [1.82, 2.24) is 15.7 Å². The SMILES string of the molecule is CN(C)Cc1ccc(-c2cccc(C3=CC(CNC(=O)c4ccc(Cl)s4)ON3)c2)cc1. The molecule has 0 spiro atoms. The predicted octanol–water partition coefficient (Wildman–Crippen LogP) is 4.80. The average molecular weight is 454 g/mol. The summed E-state index contributed by atoms with van der Waals surface area (Å²) in [6.07, 6.45) is 1.74. The highest BCUT2D eigenvalue weighted by Crippen LogP contribution is 2.26. The number of hydroxylamine groups is 1. The highest BCUT2D eigenvalue weighted by Gasteiger charge is 2.19. The van der Waals surface area contributed by atoms with Crippen molar-refractivity contribution in [2.24, 2.45) is 0 Å². The number of carbonyl (C=O) groups excluding carboxylic acids is 1. The molecule has 1 aliphatic heterocycles. The minimum Gasteiger partial charge on any atom is -0.348 e. The van der Waals surface area contributed by atoms with Crippen LogP contribution >= 0.6 is 22.9 Å². The summed E-state index contributed by atoms with van der Waals surface area (Å²) in [5.74, 6) is -0.151. The minimum absolute atomic E-state index is 0.151. The molecular formula is C24H24ClN3O2S. The van der Waals surface area contributed by atoms with Crippen LogP contribution < -0.4 is 10.8 Å². The first-order valence-electron chi connectivity index (χ1n) is 9.99. The Hall–Kier alpha value is -2.64. The molecule has 0 radical (unpaired) electrons. The summed E-state index contributed by atoms with van der Waals surface area (Å²) in [7, 11) is 4.14. The Balaban J connectivity index is 1.41. The lowest BCUT2D eigenvalue weighted by Gasteiger charge is -2.11. The molecule has 4 rings (SSSR count). The van der Waals surface area contributed by atoms with E-state index in [0.29, 0.717) is 15.8 Å². The van der Waals surface area contributed by atoms with Gasteiger partial charge in [-0.3, -0.25) is 15.1 Å². The van der Waals surface area contributed by atoms with Crippen molar-refractivity contribution in [2.75, 3.05) is 20.6 Å². The van der Waals surface area contributed by atoms with Gasteiger partial charge in [0.1, 0.15) is 6.10 Å². The third kappa shape index (κ3) is 5.54. The van der Waals surface area contributed by atoms with Crippen LogP contribution in [0.1, 0.15) is 20.8 Å². The zero-order chi connectivity index (χ0) is 21.8. The van der Waals surface area contributed by atoms with E-state index in [1.54, 1.807) is 12.1 Å². The van der Waals surface area contributed by atoms with E-state index in [9.17, 15) is 4.79 Å². The summed E-state index contributed by atoms with van der Waals surface area (Å²) in [6, 6.07) is 20.4. The second-order valence-corrected chi connectivity index (χ2v) is 9.38. The van der Waals surface area contributed by atoms with Gasteiger partial charge in [0.25, 0.3) is 5.91 Å². The molecule has 2 N–H and O–H groups in total. The highest BCUT2D eigenvalue weighted by molar-refractivity contribution is 7.18. The fourth-order valence-electron chi connectivity index (χ4n) is 3.40. The van der Waals surface area contributed by atoms with E-state index in [1.165, 1.54) is 22.5 Å². The molecule has 1 aromatic heterocycles. The molecule has 3 aromatic rings. The van der Waals surface area contributed by atoms with Gasteiger partial charge in [-0.1, -0.05) is 54.1 Å². The van der Waals surface area contributed by atoms with Crippen LogP contribution in [0, 0.1) is 0 Å². The number of nitrogens with zero attached hydrogens (tertiary/aromatic N) is 1. The van der Waals surface area contributed by atoms with Crippen molar-refractivity contribution in [1.29, 1.82) is 0 Å². The van der Waals surface area contributed by atoms with Crippen molar-refractivity contribution in [3.05, 3.63) is 87.1 Å². The van der Waals surface area contributed by atoms with Crippen LogP contribution in [0.15, 0.2) is 66.7 Å². The van der Waals surface area contributed by atoms with E-state index in [2.05, 4.69) is 66.2 Å². The Bertz CT molecular complexity index is 1090. The molecule has 0 saturated carbocycles. The Morgan fingerprint density at radius 3 is 2.58 bits per heavy atom. The van der Waals surface area contributed by atoms with E-state index in [-0.39, 0.29) is 12.0 Å². The Kier molecular flexibility index (Phi) is 6.73. The molecule has 2 heterocycles. The summed E-state index contributed by atoms with van der Waals surface area (Å²) in [4.78, 5) is 20.6. The van der Waals surface area contributed by atoms with Gasteiger partial charge in [0.15, 0.2) is 0 Å². The van der Waals surface area contributed by atoms with E-state index in [1.807, 2.05) is 18.2 Å². The molecule has 1 amide bonds. The molecule has 5 nitrogen and oxygen atoms in total. The van der Waals surface area contributed by atoms with Crippen LogP contribution in [0.4, 0.5) is 0 Å². The standard InChI is InChI=1S/C24H24ClN3O2S/c1-28(2)15-16-6-8-17(9-7-16)18-4-3-5-19(12-18)21-13-20(30-27-21)14-26-24(29)22-10-11-23(25)31-22/h3-13,20,27H,14-15H2,1-2H3,(H,26,29). The minimum atomic E-state index is -0.247. The first kappa shape index (κ1) is 21.6. The Labute approximate surface area is 191 Å². The fraction of sp³-hybridized carbons (Fsp3) is 0.208. The topological polar surface area (TPSA) is 53.6 Å². The second-order valence-electron chi connectivity index (χ2n) is 7.67. The molecule has 0 aliphatic carbocycles. The lowest BCUT2D eigenvalue weighted by molar-refractivity contribution is 0.0499.